The molecule has 0 aliphatic rings. The number of hydrogen-bond donors (Lipinski definition) is 4. The number of aliphatic hydroxyl groups is 1. The summed E-state index contributed by atoms with van der Waals surface area (Å²) in [6.45, 7) is 3.33. The van der Waals surface area contributed by atoms with Crippen LogP contribution in [0.25, 0.3) is 0 Å². The molecule has 0 rings (SSSR count). The van der Waals surface area contributed by atoms with Gasteiger partial charge in [-0.25, -0.2) is 0 Å². The van der Waals surface area contributed by atoms with Gasteiger partial charge in [0, 0.05) is 13.2 Å². The normalized spacial score (nSPS) is 15.3. The van der Waals surface area contributed by atoms with Crippen LogP contribution in [-0.2, 0) is 4.79 Å². The van der Waals surface area contributed by atoms with Crippen LogP contribution in [0.2, 0.25) is 0 Å². The van der Waals surface area contributed by atoms with Gasteiger partial charge in [-0.2, -0.15) is 0 Å². The van der Waals surface area contributed by atoms with Crippen molar-refractivity contribution in [3.63, 3.8) is 0 Å². The van der Waals surface area contributed by atoms with Crippen molar-refractivity contribution in [2.24, 2.45) is 17.4 Å². The highest BCUT2D eigenvalue weighted by Gasteiger charge is 2.08. The van der Waals surface area contributed by atoms with Gasteiger partial charge in [-0.3, -0.25) is 4.79 Å². The third-order valence-corrected chi connectivity index (χ3v) is 1.84. The summed E-state index contributed by atoms with van der Waals surface area (Å²) in [6, 6.07) is -0.624. The van der Waals surface area contributed by atoms with Gasteiger partial charge in [-0.1, -0.05) is 6.92 Å². The SMILES string of the molecule is CC(CCO)CNCC(N)C(N)=O. The summed E-state index contributed by atoms with van der Waals surface area (Å²) in [5, 5.41) is 11.6. The smallest absolute Gasteiger partial charge is 0.235 e. The van der Waals surface area contributed by atoms with E-state index in [2.05, 4.69) is 5.32 Å². The van der Waals surface area contributed by atoms with E-state index in [9.17, 15) is 4.79 Å². The Morgan fingerprint density at radius 3 is 2.62 bits per heavy atom. The quantitative estimate of drug-likeness (QED) is 0.387. The van der Waals surface area contributed by atoms with E-state index in [0.717, 1.165) is 13.0 Å². The fourth-order valence-corrected chi connectivity index (χ4v) is 0.908. The van der Waals surface area contributed by atoms with E-state index in [1.165, 1.54) is 0 Å². The van der Waals surface area contributed by atoms with Crippen LogP contribution in [0.15, 0.2) is 0 Å². The average Bonchev–Trinajstić information content (AvgIpc) is 2.04. The molecule has 6 N–H and O–H groups in total. The number of hydrogen-bond acceptors (Lipinski definition) is 4. The molecule has 1 amide bonds. The highest BCUT2D eigenvalue weighted by molar-refractivity contribution is 5.79. The molecule has 0 bridgehead atoms. The number of nitrogens with one attached hydrogen (secondary N) is 1. The van der Waals surface area contributed by atoms with Gasteiger partial charge in [0.05, 0.1) is 6.04 Å². The van der Waals surface area contributed by atoms with Gasteiger partial charge >= 0.3 is 0 Å². The monoisotopic (exact) mass is 189 g/mol. The Hall–Kier alpha value is -0.650. The second-order valence-electron chi connectivity index (χ2n) is 3.28. The molecule has 2 unspecified atom stereocenters. The Morgan fingerprint density at radius 1 is 1.54 bits per heavy atom. The summed E-state index contributed by atoms with van der Waals surface area (Å²) >= 11 is 0. The first-order valence-electron chi connectivity index (χ1n) is 4.44. The molecule has 5 heteroatoms. The molecule has 0 heterocycles. The largest absolute Gasteiger partial charge is 0.396 e. The summed E-state index contributed by atoms with van der Waals surface area (Å²) in [5.74, 6) is -0.118. The highest BCUT2D eigenvalue weighted by atomic mass is 16.3. The molecule has 0 aromatic rings. The Kier molecular flexibility index (Phi) is 6.48. The van der Waals surface area contributed by atoms with E-state index in [1.54, 1.807) is 0 Å². The molecule has 0 fully saturated rings. The van der Waals surface area contributed by atoms with Crippen molar-refractivity contribution < 1.29 is 9.90 Å². The molecule has 0 aliphatic heterocycles. The lowest BCUT2D eigenvalue weighted by molar-refractivity contribution is -0.119. The average molecular weight is 189 g/mol. The maximum atomic E-state index is 10.5. The van der Waals surface area contributed by atoms with Crippen molar-refractivity contribution in [1.82, 2.24) is 5.32 Å². The lowest BCUT2D eigenvalue weighted by atomic mass is 10.1. The van der Waals surface area contributed by atoms with E-state index in [0.29, 0.717) is 12.5 Å². The topological polar surface area (TPSA) is 101 Å². The maximum Gasteiger partial charge on any atom is 0.235 e. The fraction of sp³-hybridized carbons (Fsp3) is 0.875. The summed E-state index contributed by atoms with van der Waals surface area (Å²) in [6.07, 6.45) is 0.749. The molecule has 5 nitrogen and oxygen atoms in total. The van der Waals surface area contributed by atoms with E-state index >= 15 is 0 Å². The van der Waals surface area contributed by atoms with Crippen molar-refractivity contribution in [2.45, 2.75) is 19.4 Å². The lowest BCUT2D eigenvalue weighted by Gasteiger charge is -2.13. The minimum atomic E-state index is -0.624. The number of carbonyl (C=O) groups excluding carboxylic acids is 1. The second kappa shape index (κ2) is 6.82. The zero-order chi connectivity index (χ0) is 10.3. The van der Waals surface area contributed by atoms with Crippen LogP contribution in [0.4, 0.5) is 0 Å². The first kappa shape index (κ1) is 12.3. The van der Waals surface area contributed by atoms with Crippen LogP contribution in [0.3, 0.4) is 0 Å². The predicted octanol–water partition coefficient (Wildman–Crippen LogP) is -1.59. The number of primary amides is 1. The van der Waals surface area contributed by atoms with Crippen LogP contribution < -0.4 is 16.8 Å². The molecule has 0 aromatic carbocycles. The van der Waals surface area contributed by atoms with Crippen molar-refractivity contribution in [3.8, 4) is 0 Å². The molecular weight excluding hydrogens is 170 g/mol. The van der Waals surface area contributed by atoms with Crippen LogP contribution >= 0.6 is 0 Å². The molecular formula is C8H19N3O2. The van der Waals surface area contributed by atoms with Crippen LogP contribution in [0.1, 0.15) is 13.3 Å². The van der Waals surface area contributed by atoms with Gasteiger partial charge in [0.2, 0.25) is 5.91 Å². The first-order chi connectivity index (χ1) is 6.07. The van der Waals surface area contributed by atoms with Gasteiger partial charge in [0.1, 0.15) is 0 Å². The Balaban J connectivity index is 3.39. The highest BCUT2D eigenvalue weighted by Crippen LogP contribution is 1.97. The molecule has 13 heavy (non-hydrogen) atoms. The van der Waals surface area contributed by atoms with Gasteiger partial charge in [-0.15, -0.1) is 0 Å². The first-order valence-corrected chi connectivity index (χ1v) is 4.44. The molecule has 2 atom stereocenters. The molecule has 78 valence electrons. The molecule has 0 radical (unpaired) electrons. The number of rotatable bonds is 7. The van der Waals surface area contributed by atoms with Crippen molar-refractivity contribution >= 4 is 5.91 Å². The summed E-state index contributed by atoms with van der Waals surface area (Å²) in [5.41, 5.74) is 10.4. The minimum Gasteiger partial charge on any atom is -0.396 e. The van der Waals surface area contributed by atoms with Crippen LogP contribution in [-0.4, -0.2) is 36.8 Å². The van der Waals surface area contributed by atoms with Crippen molar-refractivity contribution in [3.05, 3.63) is 0 Å². The zero-order valence-corrected chi connectivity index (χ0v) is 7.99. The van der Waals surface area contributed by atoms with Crippen LogP contribution in [0, 0.1) is 5.92 Å². The number of aliphatic hydroxyl groups excluding tert-OH is 1. The van der Waals surface area contributed by atoms with Crippen molar-refractivity contribution in [1.29, 1.82) is 0 Å². The number of amides is 1. The van der Waals surface area contributed by atoms with Gasteiger partial charge in [0.15, 0.2) is 0 Å². The lowest BCUT2D eigenvalue weighted by Crippen LogP contribution is -2.45. The number of nitrogens with two attached hydrogens (primary N) is 2. The third kappa shape index (κ3) is 6.51. The second-order valence-corrected chi connectivity index (χ2v) is 3.28. The Bertz CT molecular complexity index is 152. The van der Waals surface area contributed by atoms with Gasteiger partial charge in [-0.05, 0) is 18.9 Å². The molecule has 0 saturated carbocycles. The predicted molar refractivity (Wildman–Crippen MR) is 50.9 cm³/mol. The molecule has 0 aliphatic carbocycles. The van der Waals surface area contributed by atoms with E-state index in [4.69, 9.17) is 16.6 Å². The van der Waals surface area contributed by atoms with E-state index in [1.807, 2.05) is 6.92 Å². The summed E-state index contributed by atoms with van der Waals surface area (Å²) in [7, 11) is 0. The molecule has 0 aromatic heterocycles. The minimum absolute atomic E-state index is 0.185. The van der Waals surface area contributed by atoms with Gasteiger partial charge in [0.25, 0.3) is 0 Å². The van der Waals surface area contributed by atoms with Crippen LogP contribution in [0.5, 0.6) is 0 Å². The zero-order valence-electron chi connectivity index (χ0n) is 7.99. The Morgan fingerprint density at radius 2 is 2.15 bits per heavy atom. The maximum absolute atomic E-state index is 10.5. The third-order valence-electron chi connectivity index (χ3n) is 1.84. The van der Waals surface area contributed by atoms with E-state index < -0.39 is 11.9 Å². The van der Waals surface area contributed by atoms with E-state index in [-0.39, 0.29) is 6.61 Å². The van der Waals surface area contributed by atoms with Gasteiger partial charge < -0.3 is 21.9 Å². The fourth-order valence-electron chi connectivity index (χ4n) is 0.908. The number of carbonyl (C=O) groups is 1. The molecule has 0 spiro atoms. The standard InChI is InChI=1S/C8H19N3O2/c1-6(2-3-12)4-11-5-7(9)8(10)13/h6-7,11-12H,2-5,9H2,1H3,(H2,10,13). The van der Waals surface area contributed by atoms with Crippen molar-refractivity contribution in [2.75, 3.05) is 19.7 Å². The summed E-state index contributed by atoms with van der Waals surface area (Å²) in [4.78, 5) is 10.5. The molecule has 0 saturated heterocycles. The Labute approximate surface area is 78.5 Å². The summed E-state index contributed by atoms with van der Waals surface area (Å²) < 4.78 is 0.